The zero-order valence-electron chi connectivity index (χ0n) is 15.6. The molecule has 2 heterocycles. The Morgan fingerprint density at radius 3 is 2.56 bits per heavy atom. The first-order chi connectivity index (χ1) is 12.2. The summed E-state index contributed by atoms with van der Waals surface area (Å²) in [7, 11) is 0. The van der Waals surface area contributed by atoms with E-state index in [1.807, 2.05) is 0 Å². The van der Waals surface area contributed by atoms with Crippen LogP contribution >= 0.6 is 0 Å². The normalized spacial score (nSPS) is 21.0. The molecule has 0 saturated carbocycles. The lowest BCUT2D eigenvalue weighted by Crippen LogP contribution is -2.52. The van der Waals surface area contributed by atoms with E-state index in [1.165, 1.54) is 11.3 Å². The molecule has 2 fully saturated rings. The van der Waals surface area contributed by atoms with E-state index in [9.17, 15) is 4.79 Å². The molecular weight excluding hydrogens is 314 g/mol. The predicted molar refractivity (Wildman–Crippen MR) is 101 cm³/mol. The summed E-state index contributed by atoms with van der Waals surface area (Å²) in [5.74, 6) is 0.302. The summed E-state index contributed by atoms with van der Waals surface area (Å²) in [4.78, 5) is 19.9. The van der Waals surface area contributed by atoms with E-state index in [0.717, 1.165) is 65.3 Å². The minimum absolute atomic E-state index is 0.00825. The summed E-state index contributed by atoms with van der Waals surface area (Å²) in [5.41, 5.74) is 2.61. The molecule has 0 unspecified atom stereocenters. The summed E-state index contributed by atoms with van der Waals surface area (Å²) in [5, 5.41) is 0. The monoisotopic (exact) mass is 345 g/mol. The molecule has 2 aliphatic rings. The van der Waals surface area contributed by atoms with Crippen molar-refractivity contribution in [3.8, 4) is 0 Å². The van der Waals surface area contributed by atoms with Gasteiger partial charge in [-0.1, -0.05) is 25.1 Å². The molecule has 5 heteroatoms. The number of aryl methyl sites for hydroxylation is 1. The molecule has 0 bridgehead atoms. The van der Waals surface area contributed by atoms with Crippen LogP contribution in [0.5, 0.6) is 0 Å². The molecule has 25 heavy (non-hydrogen) atoms. The van der Waals surface area contributed by atoms with Gasteiger partial charge in [0.1, 0.15) is 0 Å². The summed E-state index contributed by atoms with van der Waals surface area (Å²) in [6, 6.07) is 8.54. The maximum atomic E-state index is 13.1. The maximum absolute atomic E-state index is 13.1. The third kappa shape index (κ3) is 4.33. The molecule has 2 saturated heterocycles. The van der Waals surface area contributed by atoms with Crippen LogP contribution in [-0.2, 0) is 9.53 Å². The number of carbonyl (C=O) groups excluding carboxylic acids is 1. The maximum Gasteiger partial charge on any atom is 0.239 e. The molecule has 0 aliphatic carbocycles. The van der Waals surface area contributed by atoms with Gasteiger partial charge >= 0.3 is 0 Å². The van der Waals surface area contributed by atoms with Gasteiger partial charge in [0.2, 0.25) is 5.91 Å². The number of amides is 1. The van der Waals surface area contributed by atoms with E-state index in [2.05, 4.69) is 52.8 Å². The zero-order valence-corrected chi connectivity index (χ0v) is 15.6. The lowest BCUT2D eigenvalue weighted by atomic mass is 10.1. The third-order valence-corrected chi connectivity index (χ3v) is 5.42. The van der Waals surface area contributed by atoms with Gasteiger partial charge < -0.3 is 14.5 Å². The van der Waals surface area contributed by atoms with Crippen LogP contribution in [0.2, 0.25) is 0 Å². The van der Waals surface area contributed by atoms with Crippen LogP contribution in [0.25, 0.3) is 0 Å². The minimum Gasteiger partial charge on any atom is -0.379 e. The van der Waals surface area contributed by atoms with Gasteiger partial charge in [0, 0.05) is 45.0 Å². The van der Waals surface area contributed by atoms with E-state index in [1.54, 1.807) is 0 Å². The Balaban J connectivity index is 1.63. The van der Waals surface area contributed by atoms with Crippen molar-refractivity contribution in [3.05, 3.63) is 29.8 Å². The number of hydrogen-bond donors (Lipinski definition) is 0. The predicted octanol–water partition coefficient (Wildman–Crippen LogP) is 2.14. The van der Waals surface area contributed by atoms with Crippen molar-refractivity contribution in [2.45, 2.75) is 32.7 Å². The van der Waals surface area contributed by atoms with Crippen LogP contribution in [0, 0.1) is 6.92 Å². The highest BCUT2D eigenvalue weighted by Crippen LogP contribution is 2.21. The first kappa shape index (κ1) is 18.2. The molecule has 1 amide bonds. The van der Waals surface area contributed by atoms with Crippen molar-refractivity contribution < 1.29 is 9.53 Å². The number of anilines is 1. The number of nitrogens with zero attached hydrogens (tertiary/aromatic N) is 3. The quantitative estimate of drug-likeness (QED) is 0.838. The smallest absolute Gasteiger partial charge is 0.239 e. The fraction of sp³-hybridized carbons (Fsp3) is 0.650. The average Bonchev–Trinajstić information content (AvgIpc) is 2.90. The van der Waals surface area contributed by atoms with Crippen molar-refractivity contribution in [1.29, 1.82) is 0 Å². The zero-order chi connectivity index (χ0) is 17.6. The molecule has 1 atom stereocenters. The van der Waals surface area contributed by atoms with Crippen LogP contribution in [0.3, 0.4) is 0 Å². The number of ether oxygens (including phenoxy) is 1. The van der Waals surface area contributed by atoms with Gasteiger partial charge in [0.25, 0.3) is 0 Å². The first-order valence-electron chi connectivity index (χ1n) is 9.62. The number of morpholine rings is 1. The van der Waals surface area contributed by atoms with Crippen LogP contribution < -0.4 is 4.90 Å². The number of rotatable bonds is 4. The highest BCUT2D eigenvalue weighted by Gasteiger charge is 2.30. The Morgan fingerprint density at radius 2 is 1.84 bits per heavy atom. The highest BCUT2D eigenvalue weighted by molar-refractivity contribution is 5.82. The van der Waals surface area contributed by atoms with Crippen molar-refractivity contribution in [3.63, 3.8) is 0 Å². The van der Waals surface area contributed by atoms with E-state index in [-0.39, 0.29) is 6.04 Å². The van der Waals surface area contributed by atoms with Gasteiger partial charge in [-0.15, -0.1) is 0 Å². The van der Waals surface area contributed by atoms with Gasteiger partial charge in [0.15, 0.2) is 0 Å². The number of benzene rings is 1. The van der Waals surface area contributed by atoms with Crippen molar-refractivity contribution in [1.82, 2.24) is 9.80 Å². The number of para-hydroxylation sites is 1. The molecule has 2 aliphatic heterocycles. The van der Waals surface area contributed by atoms with Crippen molar-refractivity contribution in [2.75, 3.05) is 57.4 Å². The molecule has 0 N–H and O–H groups in total. The Bertz CT molecular complexity index is 572. The SMILES string of the molecule is CC[C@@H](C(=O)N1CCCN(c2ccccc2C)CC1)N1CCOCC1. The highest BCUT2D eigenvalue weighted by atomic mass is 16.5. The molecule has 138 valence electrons. The van der Waals surface area contributed by atoms with Gasteiger partial charge in [-0.05, 0) is 31.4 Å². The molecular formula is C20H31N3O2. The number of carbonyl (C=O) groups is 1. The summed E-state index contributed by atoms with van der Waals surface area (Å²) >= 11 is 0. The van der Waals surface area contributed by atoms with Crippen LogP contribution in [0.4, 0.5) is 5.69 Å². The van der Waals surface area contributed by atoms with Crippen LogP contribution in [-0.4, -0.2) is 74.2 Å². The van der Waals surface area contributed by atoms with Crippen LogP contribution in [0.1, 0.15) is 25.3 Å². The second kappa shape index (κ2) is 8.68. The lowest BCUT2D eigenvalue weighted by molar-refractivity contribution is -0.138. The molecule has 3 rings (SSSR count). The van der Waals surface area contributed by atoms with Gasteiger partial charge in [-0.25, -0.2) is 0 Å². The lowest BCUT2D eigenvalue weighted by Gasteiger charge is -2.36. The largest absolute Gasteiger partial charge is 0.379 e. The Hall–Kier alpha value is -1.59. The Kier molecular flexibility index (Phi) is 6.32. The van der Waals surface area contributed by atoms with Gasteiger partial charge in [0.05, 0.1) is 19.3 Å². The average molecular weight is 345 g/mol. The molecule has 0 spiro atoms. The molecule has 0 radical (unpaired) electrons. The van der Waals surface area contributed by atoms with E-state index in [4.69, 9.17) is 4.74 Å². The topological polar surface area (TPSA) is 36.0 Å². The second-order valence-corrected chi connectivity index (χ2v) is 7.02. The van der Waals surface area contributed by atoms with Crippen molar-refractivity contribution >= 4 is 11.6 Å². The van der Waals surface area contributed by atoms with Crippen LogP contribution in [0.15, 0.2) is 24.3 Å². The third-order valence-electron chi connectivity index (χ3n) is 5.42. The standard InChI is InChI=1S/C20H31N3O2/c1-3-18(22-13-15-25-16-14-22)20(24)23-10-6-9-21(11-12-23)19-8-5-4-7-17(19)2/h4-5,7-8,18H,3,6,9-16H2,1-2H3/t18-/m0/s1. The fourth-order valence-corrected chi connectivity index (χ4v) is 3.99. The molecule has 1 aromatic rings. The van der Waals surface area contributed by atoms with Gasteiger partial charge in [-0.3, -0.25) is 9.69 Å². The number of hydrogen-bond acceptors (Lipinski definition) is 4. The van der Waals surface area contributed by atoms with E-state index in [0.29, 0.717) is 5.91 Å². The summed E-state index contributed by atoms with van der Waals surface area (Å²) in [6.07, 6.45) is 1.90. The van der Waals surface area contributed by atoms with E-state index < -0.39 is 0 Å². The van der Waals surface area contributed by atoms with E-state index >= 15 is 0 Å². The second-order valence-electron chi connectivity index (χ2n) is 7.02. The fourth-order valence-electron chi connectivity index (χ4n) is 3.99. The first-order valence-corrected chi connectivity index (χ1v) is 9.62. The Morgan fingerprint density at radius 1 is 1.08 bits per heavy atom. The minimum atomic E-state index is 0.00825. The summed E-state index contributed by atoms with van der Waals surface area (Å²) < 4.78 is 5.44. The molecule has 5 nitrogen and oxygen atoms in total. The van der Waals surface area contributed by atoms with Gasteiger partial charge in [-0.2, -0.15) is 0 Å². The molecule has 1 aromatic carbocycles. The van der Waals surface area contributed by atoms with Crippen molar-refractivity contribution in [2.24, 2.45) is 0 Å². The molecule has 0 aromatic heterocycles. The Labute approximate surface area is 151 Å². The summed E-state index contributed by atoms with van der Waals surface area (Å²) in [6.45, 7) is 11.1.